The first kappa shape index (κ1) is 17.0. The number of nitrogens with one attached hydrogen (secondary N) is 1. The zero-order valence-corrected chi connectivity index (χ0v) is 16.5. The van der Waals surface area contributed by atoms with Gasteiger partial charge in [-0.1, -0.05) is 18.2 Å². The lowest BCUT2D eigenvalue weighted by molar-refractivity contribution is -0.00708. The molecule has 1 aromatic heterocycles. The minimum atomic E-state index is 0.186. The smallest absolute Gasteiger partial charge is 0.254 e. The number of benzene rings is 1. The maximum atomic E-state index is 13.5. The zero-order chi connectivity index (χ0) is 18.7. The SMILES string of the molecule is O=C(c1cc(C23CC4CC(CC(C4)C2)C3)nc2ccccc12)N1CCNCC1. The topological polar surface area (TPSA) is 45.2 Å². The third kappa shape index (κ3) is 2.61. The highest BCUT2D eigenvalue weighted by Gasteiger charge is 2.52. The molecule has 1 saturated heterocycles. The lowest BCUT2D eigenvalue weighted by atomic mass is 9.48. The molecule has 1 aromatic carbocycles. The molecule has 5 aliphatic rings. The van der Waals surface area contributed by atoms with Crippen LogP contribution in [-0.4, -0.2) is 42.0 Å². The average Bonchev–Trinajstić information content (AvgIpc) is 2.72. The molecule has 4 aliphatic carbocycles. The Kier molecular flexibility index (Phi) is 3.81. The van der Waals surface area contributed by atoms with Crippen molar-refractivity contribution >= 4 is 16.8 Å². The van der Waals surface area contributed by atoms with Crippen molar-refractivity contribution in [2.24, 2.45) is 17.8 Å². The Hall–Kier alpha value is -1.94. The summed E-state index contributed by atoms with van der Waals surface area (Å²) in [6, 6.07) is 10.4. The summed E-state index contributed by atoms with van der Waals surface area (Å²) in [5.41, 5.74) is 3.30. The van der Waals surface area contributed by atoms with Crippen LogP contribution in [0.5, 0.6) is 0 Å². The molecule has 4 nitrogen and oxygen atoms in total. The molecule has 0 unspecified atom stereocenters. The highest BCUT2D eigenvalue weighted by Crippen LogP contribution is 2.60. The van der Waals surface area contributed by atoms with E-state index >= 15 is 0 Å². The van der Waals surface area contributed by atoms with E-state index < -0.39 is 0 Å². The molecular weight excluding hydrogens is 346 g/mol. The van der Waals surface area contributed by atoms with Crippen LogP contribution in [-0.2, 0) is 5.41 Å². The summed E-state index contributed by atoms with van der Waals surface area (Å²) in [5.74, 6) is 2.83. The fourth-order valence-electron chi connectivity index (χ4n) is 7.09. The number of rotatable bonds is 2. The van der Waals surface area contributed by atoms with E-state index in [4.69, 9.17) is 4.98 Å². The molecule has 1 N–H and O–H groups in total. The van der Waals surface area contributed by atoms with Crippen molar-refractivity contribution in [1.82, 2.24) is 15.2 Å². The Labute approximate surface area is 166 Å². The van der Waals surface area contributed by atoms with E-state index in [9.17, 15) is 4.79 Å². The number of nitrogens with zero attached hydrogens (tertiary/aromatic N) is 2. The summed E-state index contributed by atoms with van der Waals surface area (Å²) < 4.78 is 0. The Morgan fingerprint density at radius 2 is 1.64 bits per heavy atom. The van der Waals surface area contributed by atoms with Crippen molar-refractivity contribution in [1.29, 1.82) is 0 Å². The standard InChI is InChI=1S/C24H29N3O/c28-23(27-7-5-25-6-8-27)20-12-22(26-21-4-2-1-3-19(20)21)24-13-16-9-17(14-24)11-18(10-16)15-24/h1-4,12,16-18,25H,5-11,13-15H2. The first-order chi connectivity index (χ1) is 13.7. The molecule has 4 bridgehead atoms. The molecule has 146 valence electrons. The van der Waals surface area contributed by atoms with E-state index in [1.165, 1.54) is 44.2 Å². The third-order valence-electron chi connectivity index (χ3n) is 7.93. The molecule has 2 aromatic rings. The first-order valence-corrected chi connectivity index (χ1v) is 11.1. The van der Waals surface area contributed by atoms with Gasteiger partial charge in [0.25, 0.3) is 5.91 Å². The highest BCUT2D eigenvalue weighted by molar-refractivity contribution is 6.06. The van der Waals surface area contributed by atoms with Crippen LogP contribution in [0.2, 0.25) is 0 Å². The van der Waals surface area contributed by atoms with Crippen molar-refractivity contribution in [3.63, 3.8) is 0 Å². The van der Waals surface area contributed by atoms with Gasteiger partial charge < -0.3 is 10.2 Å². The van der Waals surface area contributed by atoms with Gasteiger partial charge in [-0.2, -0.15) is 0 Å². The molecule has 4 saturated carbocycles. The molecule has 4 heteroatoms. The Morgan fingerprint density at radius 1 is 1.00 bits per heavy atom. The predicted octanol–water partition coefficient (Wildman–Crippen LogP) is 3.75. The predicted molar refractivity (Wildman–Crippen MR) is 110 cm³/mol. The summed E-state index contributed by atoms with van der Waals surface area (Å²) in [4.78, 5) is 20.6. The van der Waals surface area contributed by atoms with E-state index in [2.05, 4.69) is 29.6 Å². The fourth-order valence-corrected chi connectivity index (χ4v) is 7.09. The van der Waals surface area contributed by atoms with Crippen LogP contribution in [0.3, 0.4) is 0 Å². The number of carbonyl (C=O) groups is 1. The molecule has 0 radical (unpaired) electrons. The van der Waals surface area contributed by atoms with E-state index in [1.54, 1.807) is 0 Å². The minimum absolute atomic E-state index is 0.186. The Balaban J connectivity index is 1.47. The molecular formula is C24H29N3O. The van der Waals surface area contributed by atoms with Crippen molar-refractivity contribution in [3.05, 3.63) is 41.6 Å². The summed E-state index contributed by atoms with van der Waals surface area (Å²) in [5, 5.41) is 4.37. The third-order valence-corrected chi connectivity index (χ3v) is 7.93. The van der Waals surface area contributed by atoms with Crippen LogP contribution in [0.15, 0.2) is 30.3 Å². The van der Waals surface area contributed by atoms with Crippen LogP contribution in [0.1, 0.15) is 54.6 Å². The summed E-state index contributed by atoms with van der Waals surface area (Å²) in [6.07, 6.45) is 8.14. The molecule has 0 spiro atoms. The number of aromatic nitrogens is 1. The van der Waals surface area contributed by atoms with Crippen LogP contribution < -0.4 is 5.32 Å². The van der Waals surface area contributed by atoms with Gasteiger partial charge in [0.05, 0.1) is 11.1 Å². The lowest BCUT2D eigenvalue weighted by Gasteiger charge is -2.56. The van der Waals surface area contributed by atoms with Gasteiger partial charge in [0, 0.05) is 42.7 Å². The molecule has 1 aliphatic heterocycles. The quantitative estimate of drug-likeness (QED) is 0.870. The molecule has 5 fully saturated rings. The first-order valence-electron chi connectivity index (χ1n) is 11.1. The number of amides is 1. The Morgan fingerprint density at radius 3 is 2.32 bits per heavy atom. The molecule has 28 heavy (non-hydrogen) atoms. The van der Waals surface area contributed by atoms with E-state index in [-0.39, 0.29) is 11.3 Å². The van der Waals surface area contributed by atoms with Crippen LogP contribution in [0.25, 0.3) is 10.9 Å². The summed E-state index contributed by atoms with van der Waals surface area (Å²) in [7, 11) is 0. The number of fused-ring (bicyclic) bond motifs is 1. The number of carbonyl (C=O) groups excluding carboxylic acids is 1. The average molecular weight is 376 g/mol. The van der Waals surface area contributed by atoms with E-state index in [0.29, 0.717) is 0 Å². The van der Waals surface area contributed by atoms with Gasteiger partial charge in [-0.3, -0.25) is 9.78 Å². The van der Waals surface area contributed by atoms with Crippen LogP contribution in [0, 0.1) is 17.8 Å². The van der Waals surface area contributed by atoms with E-state index in [1.807, 2.05) is 11.0 Å². The van der Waals surface area contributed by atoms with Crippen molar-refractivity contribution in [2.75, 3.05) is 26.2 Å². The van der Waals surface area contributed by atoms with Gasteiger partial charge in [0.15, 0.2) is 0 Å². The second kappa shape index (κ2) is 6.28. The maximum absolute atomic E-state index is 13.5. The van der Waals surface area contributed by atoms with Gasteiger partial charge in [-0.25, -0.2) is 0 Å². The monoisotopic (exact) mass is 375 g/mol. The molecule has 2 heterocycles. The second-order valence-corrected chi connectivity index (χ2v) is 9.81. The maximum Gasteiger partial charge on any atom is 0.254 e. The minimum Gasteiger partial charge on any atom is -0.336 e. The number of pyridine rings is 1. The summed E-state index contributed by atoms with van der Waals surface area (Å²) >= 11 is 0. The van der Waals surface area contributed by atoms with Crippen molar-refractivity contribution in [3.8, 4) is 0 Å². The fraction of sp³-hybridized carbons (Fsp3) is 0.583. The van der Waals surface area contributed by atoms with Gasteiger partial charge in [0.2, 0.25) is 0 Å². The molecule has 7 rings (SSSR count). The number of para-hydroxylation sites is 1. The lowest BCUT2D eigenvalue weighted by Crippen LogP contribution is -2.49. The van der Waals surface area contributed by atoms with Crippen molar-refractivity contribution < 1.29 is 4.79 Å². The zero-order valence-electron chi connectivity index (χ0n) is 16.5. The van der Waals surface area contributed by atoms with Gasteiger partial charge in [-0.15, -0.1) is 0 Å². The van der Waals surface area contributed by atoms with Crippen molar-refractivity contribution in [2.45, 2.75) is 43.9 Å². The van der Waals surface area contributed by atoms with E-state index in [0.717, 1.165) is 60.4 Å². The number of hydrogen-bond donors (Lipinski definition) is 1. The van der Waals surface area contributed by atoms with Crippen LogP contribution in [0.4, 0.5) is 0 Å². The van der Waals surface area contributed by atoms with Gasteiger partial charge >= 0.3 is 0 Å². The number of piperazine rings is 1. The second-order valence-electron chi connectivity index (χ2n) is 9.81. The summed E-state index contributed by atoms with van der Waals surface area (Å²) in [6.45, 7) is 3.36. The highest BCUT2D eigenvalue weighted by atomic mass is 16.2. The Bertz CT molecular complexity index is 895. The van der Waals surface area contributed by atoms with Gasteiger partial charge in [0.1, 0.15) is 0 Å². The molecule has 1 amide bonds. The normalized spacial score (nSPS) is 34.1. The van der Waals surface area contributed by atoms with Crippen LogP contribution >= 0.6 is 0 Å². The molecule has 0 atom stereocenters. The number of hydrogen-bond acceptors (Lipinski definition) is 3. The largest absolute Gasteiger partial charge is 0.336 e. The van der Waals surface area contributed by atoms with Gasteiger partial charge in [-0.05, 0) is 68.4 Å².